The van der Waals surface area contributed by atoms with Crippen LogP contribution in [0.25, 0.3) is 0 Å². The van der Waals surface area contributed by atoms with Crippen LogP contribution in [0.2, 0.25) is 0 Å². The number of hydrogen-bond donors (Lipinski definition) is 2. The Morgan fingerprint density at radius 3 is 2.19 bits per heavy atom. The maximum Gasteiger partial charge on any atom is 0.315 e. The molecule has 1 saturated heterocycles. The number of nitrogens with zero attached hydrogens (tertiary/aromatic N) is 1. The molecule has 2 aliphatic rings. The van der Waals surface area contributed by atoms with Gasteiger partial charge in [-0.25, -0.2) is 4.79 Å². The highest BCUT2D eigenvalue weighted by Crippen LogP contribution is 2.44. The highest BCUT2D eigenvalue weighted by Gasteiger charge is 2.47. The highest BCUT2D eigenvalue weighted by atomic mass is 31.0. The van der Waals surface area contributed by atoms with Gasteiger partial charge in [0.15, 0.2) is 0 Å². The maximum absolute atomic E-state index is 11.5. The van der Waals surface area contributed by atoms with Crippen LogP contribution in [0.1, 0.15) is 31.2 Å². The molecule has 1 spiro atoms. The van der Waals surface area contributed by atoms with E-state index in [2.05, 4.69) is 63.1 Å². The zero-order valence-electron chi connectivity index (χ0n) is 12.8. The van der Waals surface area contributed by atoms with Crippen molar-refractivity contribution in [3.63, 3.8) is 0 Å². The van der Waals surface area contributed by atoms with Crippen molar-refractivity contribution in [1.82, 2.24) is 15.5 Å². The lowest BCUT2D eigenvalue weighted by atomic mass is 9.69. The molecule has 4 nitrogen and oxygen atoms in total. The van der Waals surface area contributed by atoms with E-state index in [1.165, 1.54) is 10.9 Å². The number of urea groups is 1. The summed E-state index contributed by atoms with van der Waals surface area (Å²) in [6, 6.07) is 8.79. The summed E-state index contributed by atoms with van der Waals surface area (Å²) in [5, 5.41) is 7.27. The third-order valence-corrected chi connectivity index (χ3v) is 5.69. The summed E-state index contributed by atoms with van der Waals surface area (Å²) in [4.78, 5) is 13.8. The largest absolute Gasteiger partial charge is 0.336 e. The minimum Gasteiger partial charge on any atom is -0.336 e. The molecule has 1 heterocycles. The quantitative estimate of drug-likeness (QED) is 0.815. The van der Waals surface area contributed by atoms with Gasteiger partial charge in [-0.05, 0) is 50.6 Å². The number of amides is 2. The third-order valence-electron chi connectivity index (χ3n) is 5.30. The number of benzene rings is 1. The number of carbonyl (C=O) groups is 1. The van der Waals surface area contributed by atoms with Crippen molar-refractivity contribution in [3.8, 4) is 0 Å². The van der Waals surface area contributed by atoms with Gasteiger partial charge in [-0.15, -0.1) is 9.24 Å². The van der Waals surface area contributed by atoms with Gasteiger partial charge in [-0.1, -0.05) is 24.3 Å². The first-order valence-electron chi connectivity index (χ1n) is 7.55. The first kappa shape index (κ1) is 14.8. The molecule has 1 aromatic rings. The van der Waals surface area contributed by atoms with Crippen LogP contribution in [0.3, 0.4) is 0 Å². The predicted molar refractivity (Wildman–Crippen MR) is 88.9 cm³/mol. The second-order valence-electron chi connectivity index (χ2n) is 6.64. The predicted octanol–water partition coefficient (Wildman–Crippen LogP) is 1.57. The minimum absolute atomic E-state index is 0.0142. The van der Waals surface area contributed by atoms with Crippen LogP contribution in [0.4, 0.5) is 4.79 Å². The number of carbonyl (C=O) groups excluding carboxylic acids is 1. The molecule has 0 radical (unpaired) electrons. The van der Waals surface area contributed by atoms with Crippen LogP contribution in [0, 0.1) is 0 Å². The van der Waals surface area contributed by atoms with Crippen LogP contribution in [-0.4, -0.2) is 37.1 Å². The van der Waals surface area contributed by atoms with Gasteiger partial charge in [0.2, 0.25) is 0 Å². The fourth-order valence-electron chi connectivity index (χ4n) is 3.81. The molecule has 1 aliphatic carbocycles. The van der Waals surface area contributed by atoms with Crippen molar-refractivity contribution < 1.29 is 4.79 Å². The number of nitrogens with one attached hydrogen (secondary N) is 2. The van der Waals surface area contributed by atoms with Crippen molar-refractivity contribution >= 4 is 20.6 Å². The van der Waals surface area contributed by atoms with Crippen LogP contribution in [0.5, 0.6) is 0 Å². The van der Waals surface area contributed by atoms with Gasteiger partial charge in [0.25, 0.3) is 0 Å². The normalized spacial score (nSPS) is 32.3. The second-order valence-corrected chi connectivity index (χ2v) is 7.30. The van der Waals surface area contributed by atoms with Crippen molar-refractivity contribution in [2.24, 2.45) is 0 Å². The Bertz CT molecular complexity index is 533. The molecule has 3 rings (SSSR count). The van der Waals surface area contributed by atoms with Gasteiger partial charge in [-0.2, -0.15) is 0 Å². The summed E-state index contributed by atoms with van der Waals surface area (Å²) >= 11 is 0. The molecule has 0 aromatic heterocycles. The molecule has 5 heteroatoms. The Morgan fingerprint density at radius 1 is 1.10 bits per heavy atom. The highest BCUT2D eigenvalue weighted by molar-refractivity contribution is 7.27. The van der Waals surface area contributed by atoms with E-state index < -0.39 is 0 Å². The minimum atomic E-state index is -0.0306. The Kier molecular flexibility index (Phi) is 3.71. The Balaban J connectivity index is 1.84. The van der Waals surface area contributed by atoms with E-state index in [1.54, 1.807) is 0 Å². The standard InChI is InChI=1S/C16H24N3OP/c1-19(2)16(12-3-5-13(21)6-4-12)9-7-15(8-10-16)11-17-14(20)18-15/h3-6H,7-11,21H2,1-2H3,(H2,17,18,20)/t15-,16+. The number of hydrogen-bond acceptors (Lipinski definition) is 2. The van der Waals surface area contributed by atoms with Gasteiger partial charge in [0.1, 0.15) is 0 Å². The third kappa shape index (κ3) is 2.56. The fourth-order valence-corrected chi connectivity index (χ4v) is 4.00. The van der Waals surface area contributed by atoms with Gasteiger partial charge in [0.05, 0.1) is 5.54 Å². The van der Waals surface area contributed by atoms with Crippen molar-refractivity contribution in [2.75, 3.05) is 20.6 Å². The summed E-state index contributed by atoms with van der Waals surface area (Å²) in [7, 11) is 7.07. The topological polar surface area (TPSA) is 44.4 Å². The molecule has 1 saturated carbocycles. The molecular formula is C16H24N3OP. The first-order chi connectivity index (χ1) is 9.96. The Hall–Kier alpha value is -1.12. The van der Waals surface area contributed by atoms with Gasteiger partial charge < -0.3 is 10.6 Å². The van der Waals surface area contributed by atoms with E-state index in [9.17, 15) is 4.79 Å². The molecule has 1 unspecified atom stereocenters. The molecule has 114 valence electrons. The van der Waals surface area contributed by atoms with Crippen molar-refractivity contribution in [2.45, 2.75) is 36.8 Å². The van der Waals surface area contributed by atoms with E-state index in [0.717, 1.165) is 32.2 Å². The molecule has 1 atom stereocenters. The van der Waals surface area contributed by atoms with E-state index in [1.807, 2.05) is 0 Å². The molecule has 2 N–H and O–H groups in total. The van der Waals surface area contributed by atoms with Crippen LogP contribution in [0.15, 0.2) is 24.3 Å². The van der Waals surface area contributed by atoms with E-state index >= 15 is 0 Å². The van der Waals surface area contributed by atoms with E-state index in [-0.39, 0.29) is 17.1 Å². The summed E-state index contributed by atoms with van der Waals surface area (Å²) in [6.45, 7) is 0.764. The van der Waals surface area contributed by atoms with Gasteiger partial charge >= 0.3 is 6.03 Å². The zero-order valence-corrected chi connectivity index (χ0v) is 13.9. The Labute approximate surface area is 128 Å². The second kappa shape index (κ2) is 5.26. The molecule has 0 bridgehead atoms. The van der Waals surface area contributed by atoms with Crippen LogP contribution in [-0.2, 0) is 5.54 Å². The summed E-state index contributed by atoms with van der Waals surface area (Å²) in [5.41, 5.74) is 1.43. The number of rotatable bonds is 2. The van der Waals surface area contributed by atoms with Crippen molar-refractivity contribution in [1.29, 1.82) is 0 Å². The lowest BCUT2D eigenvalue weighted by Gasteiger charge is -2.48. The lowest BCUT2D eigenvalue weighted by Crippen LogP contribution is -2.54. The average molecular weight is 305 g/mol. The summed E-state index contributed by atoms with van der Waals surface area (Å²) in [5.74, 6) is 0. The van der Waals surface area contributed by atoms with Gasteiger partial charge in [-0.3, -0.25) is 4.90 Å². The van der Waals surface area contributed by atoms with E-state index in [0.29, 0.717) is 0 Å². The molecule has 1 aromatic carbocycles. The molecular weight excluding hydrogens is 281 g/mol. The SMILES string of the molecule is CN(C)[C@]1(c2ccc(P)cc2)CC[C@]2(CC1)CNC(=O)N2. The average Bonchev–Trinajstić information content (AvgIpc) is 2.82. The molecule has 2 fully saturated rings. The molecule has 1 aliphatic heterocycles. The van der Waals surface area contributed by atoms with E-state index in [4.69, 9.17) is 0 Å². The zero-order chi connectivity index (χ0) is 15.1. The lowest BCUT2D eigenvalue weighted by molar-refractivity contribution is 0.0653. The summed E-state index contributed by atoms with van der Waals surface area (Å²) < 4.78 is 0. The smallest absolute Gasteiger partial charge is 0.315 e. The van der Waals surface area contributed by atoms with Crippen molar-refractivity contribution in [3.05, 3.63) is 29.8 Å². The van der Waals surface area contributed by atoms with Crippen LogP contribution < -0.4 is 15.9 Å². The summed E-state index contributed by atoms with van der Waals surface area (Å²) in [6.07, 6.45) is 4.18. The first-order valence-corrected chi connectivity index (χ1v) is 8.13. The molecule has 2 amide bonds. The van der Waals surface area contributed by atoms with Crippen LogP contribution >= 0.6 is 9.24 Å². The molecule has 21 heavy (non-hydrogen) atoms. The maximum atomic E-state index is 11.5. The van der Waals surface area contributed by atoms with Gasteiger partial charge in [0, 0.05) is 12.1 Å². The monoisotopic (exact) mass is 305 g/mol. The Morgan fingerprint density at radius 2 is 1.71 bits per heavy atom. The fraction of sp³-hybridized carbons (Fsp3) is 0.562.